The average Bonchev–Trinajstić information content (AvgIpc) is 2.59. The van der Waals surface area contributed by atoms with E-state index in [9.17, 15) is 27.5 Å². The van der Waals surface area contributed by atoms with Crippen LogP contribution in [0.15, 0.2) is 16.6 Å². The average molecular weight is 363 g/mol. The van der Waals surface area contributed by atoms with Gasteiger partial charge in [-0.25, -0.2) is 22.4 Å². The third kappa shape index (κ3) is 5.28. The molecule has 1 aromatic carbocycles. The second-order valence-corrected chi connectivity index (χ2v) is 4.80. The summed E-state index contributed by atoms with van der Waals surface area (Å²) in [7, 11) is 0. The number of rotatable bonds is 8. The minimum absolute atomic E-state index is 0.0549. The summed E-state index contributed by atoms with van der Waals surface area (Å²) in [5.41, 5.74) is -1.68. The maximum atomic E-state index is 13.8. The molecule has 5 nitrogen and oxygen atoms in total. The first-order valence-electron chi connectivity index (χ1n) is 7.39. The van der Waals surface area contributed by atoms with Crippen molar-refractivity contribution in [2.75, 3.05) is 19.8 Å². The van der Waals surface area contributed by atoms with E-state index < -0.39 is 46.1 Å². The third-order valence-corrected chi connectivity index (χ3v) is 3.02. The van der Waals surface area contributed by atoms with Crippen molar-refractivity contribution in [3.05, 3.63) is 40.5 Å². The predicted molar refractivity (Wildman–Crippen MR) is 82.1 cm³/mol. The molecular weight excluding hydrogens is 346 g/mol. The molecule has 0 heterocycles. The first-order valence-corrected chi connectivity index (χ1v) is 7.39. The van der Waals surface area contributed by atoms with E-state index in [1.54, 1.807) is 0 Å². The molecule has 0 saturated heterocycles. The molecular formula is C16H17F4NO4. The molecule has 1 aromatic rings. The Labute approximate surface area is 141 Å². The first kappa shape index (κ1) is 20.6. The quantitative estimate of drug-likeness (QED) is 0.109. The van der Waals surface area contributed by atoms with Crippen LogP contribution in [0.2, 0.25) is 0 Å². The fourth-order valence-corrected chi connectivity index (χ4v) is 1.78. The van der Waals surface area contributed by atoms with Gasteiger partial charge in [-0.2, -0.15) is 0 Å². The highest BCUT2D eigenvalue weighted by molar-refractivity contribution is 6.15. The van der Waals surface area contributed by atoms with E-state index in [1.165, 1.54) is 6.92 Å². The standard InChI is InChI=1S/C16H17F4NO4/c1-2-25-16(24)10(8-21-5-3-4-6-22)15(23)9-7-11(17)13(19)14(20)12(9)18/h7-8,22-23H,2-6H2,1H3/b15-10-,21-8?. The maximum Gasteiger partial charge on any atom is 0.343 e. The lowest BCUT2D eigenvalue weighted by Gasteiger charge is -2.09. The van der Waals surface area contributed by atoms with Gasteiger partial charge in [0.05, 0.1) is 12.2 Å². The highest BCUT2D eigenvalue weighted by Gasteiger charge is 2.25. The Morgan fingerprint density at radius 1 is 1.20 bits per heavy atom. The highest BCUT2D eigenvalue weighted by atomic mass is 19.2. The number of carbonyl (C=O) groups is 1. The van der Waals surface area contributed by atoms with Crippen molar-refractivity contribution in [1.29, 1.82) is 0 Å². The molecule has 0 aliphatic rings. The first-order chi connectivity index (χ1) is 11.8. The molecule has 138 valence electrons. The van der Waals surface area contributed by atoms with Gasteiger partial charge in [0.25, 0.3) is 0 Å². The van der Waals surface area contributed by atoms with E-state index in [0.29, 0.717) is 12.8 Å². The van der Waals surface area contributed by atoms with E-state index in [2.05, 4.69) is 9.73 Å². The monoisotopic (exact) mass is 363 g/mol. The third-order valence-electron chi connectivity index (χ3n) is 3.02. The predicted octanol–water partition coefficient (Wildman–Crippen LogP) is 2.92. The molecule has 0 bridgehead atoms. The summed E-state index contributed by atoms with van der Waals surface area (Å²) in [6, 6.07) is 0.224. The molecule has 0 spiro atoms. The summed E-state index contributed by atoms with van der Waals surface area (Å²) in [5, 5.41) is 18.7. The summed E-state index contributed by atoms with van der Waals surface area (Å²) >= 11 is 0. The van der Waals surface area contributed by atoms with Crippen LogP contribution in [0.4, 0.5) is 17.6 Å². The van der Waals surface area contributed by atoms with Crippen LogP contribution < -0.4 is 0 Å². The van der Waals surface area contributed by atoms with Crippen LogP contribution in [-0.2, 0) is 9.53 Å². The molecule has 0 radical (unpaired) electrons. The molecule has 0 amide bonds. The Morgan fingerprint density at radius 3 is 2.48 bits per heavy atom. The molecule has 25 heavy (non-hydrogen) atoms. The molecule has 0 aliphatic carbocycles. The van der Waals surface area contributed by atoms with Crippen molar-refractivity contribution in [3.63, 3.8) is 0 Å². The molecule has 2 N–H and O–H groups in total. The van der Waals surface area contributed by atoms with Gasteiger partial charge in [-0.05, 0) is 25.8 Å². The molecule has 9 heteroatoms. The van der Waals surface area contributed by atoms with Crippen LogP contribution in [0, 0.1) is 23.3 Å². The Bertz CT molecular complexity index is 689. The van der Waals surface area contributed by atoms with Crippen molar-refractivity contribution in [2.24, 2.45) is 4.99 Å². The highest BCUT2D eigenvalue weighted by Crippen LogP contribution is 2.25. The molecule has 0 aromatic heterocycles. The fourth-order valence-electron chi connectivity index (χ4n) is 1.78. The number of nitrogens with zero attached hydrogens (tertiary/aromatic N) is 1. The number of hydrogen-bond acceptors (Lipinski definition) is 5. The van der Waals surface area contributed by atoms with Crippen molar-refractivity contribution in [3.8, 4) is 0 Å². The number of carbonyl (C=O) groups excluding carboxylic acids is 1. The summed E-state index contributed by atoms with van der Waals surface area (Å²) < 4.78 is 58.1. The lowest BCUT2D eigenvalue weighted by molar-refractivity contribution is -0.137. The topological polar surface area (TPSA) is 79.1 Å². The van der Waals surface area contributed by atoms with E-state index >= 15 is 0 Å². The summed E-state index contributed by atoms with van der Waals surface area (Å²) in [6.07, 6.45) is 1.78. The maximum absolute atomic E-state index is 13.8. The minimum atomic E-state index is -2.12. The zero-order valence-corrected chi connectivity index (χ0v) is 13.4. The van der Waals surface area contributed by atoms with Gasteiger partial charge in [0.1, 0.15) is 11.3 Å². The minimum Gasteiger partial charge on any atom is -0.506 e. The van der Waals surface area contributed by atoms with Crippen molar-refractivity contribution >= 4 is 17.9 Å². The van der Waals surface area contributed by atoms with Gasteiger partial charge in [0, 0.05) is 19.4 Å². The Hall–Kier alpha value is -2.42. The molecule has 0 atom stereocenters. The Balaban J connectivity index is 3.32. The Kier molecular flexibility index (Phi) is 8.06. The lowest BCUT2D eigenvalue weighted by Crippen LogP contribution is -2.13. The van der Waals surface area contributed by atoms with Gasteiger partial charge in [-0.1, -0.05) is 0 Å². The SMILES string of the molecule is CCOC(=O)/C(C=NCCCCO)=C(\O)c1cc(F)c(F)c(F)c1F. The summed E-state index contributed by atoms with van der Waals surface area (Å²) in [6.45, 7) is 1.51. The Morgan fingerprint density at radius 2 is 1.88 bits per heavy atom. The van der Waals surface area contributed by atoms with Crippen LogP contribution in [-0.4, -0.2) is 42.2 Å². The number of aliphatic imine (C=N–C) groups is 1. The molecule has 1 rings (SSSR count). The van der Waals surface area contributed by atoms with Crippen LogP contribution >= 0.6 is 0 Å². The van der Waals surface area contributed by atoms with Gasteiger partial charge >= 0.3 is 5.97 Å². The van der Waals surface area contributed by atoms with Crippen LogP contribution in [0.25, 0.3) is 5.76 Å². The summed E-state index contributed by atoms with van der Waals surface area (Å²) in [5.74, 6) is -9.99. The van der Waals surface area contributed by atoms with E-state index in [1.807, 2.05) is 0 Å². The number of benzene rings is 1. The lowest BCUT2D eigenvalue weighted by atomic mass is 10.1. The van der Waals surface area contributed by atoms with Crippen molar-refractivity contribution in [2.45, 2.75) is 19.8 Å². The van der Waals surface area contributed by atoms with Gasteiger partial charge in [0.15, 0.2) is 23.3 Å². The number of ether oxygens (including phenoxy) is 1. The van der Waals surface area contributed by atoms with Gasteiger partial charge < -0.3 is 14.9 Å². The van der Waals surface area contributed by atoms with Crippen LogP contribution in [0.3, 0.4) is 0 Å². The van der Waals surface area contributed by atoms with E-state index in [-0.39, 0.29) is 25.8 Å². The fraction of sp³-hybridized carbons (Fsp3) is 0.375. The summed E-state index contributed by atoms with van der Waals surface area (Å²) in [4.78, 5) is 15.7. The number of esters is 1. The van der Waals surface area contributed by atoms with Gasteiger partial charge in [-0.15, -0.1) is 0 Å². The van der Waals surface area contributed by atoms with E-state index in [4.69, 9.17) is 5.11 Å². The second kappa shape index (κ2) is 9.77. The van der Waals surface area contributed by atoms with Crippen LogP contribution in [0.1, 0.15) is 25.3 Å². The number of halogens is 4. The number of aliphatic hydroxyl groups is 2. The normalized spacial score (nSPS) is 12.4. The molecule has 0 fully saturated rings. The number of hydrogen-bond donors (Lipinski definition) is 2. The number of aliphatic hydroxyl groups excluding tert-OH is 2. The molecule has 0 unspecified atom stereocenters. The van der Waals surface area contributed by atoms with Gasteiger partial charge in [0.2, 0.25) is 0 Å². The van der Waals surface area contributed by atoms with Gasteiger partial charge in [-0.3, -0.25) is 4.99 Å². The zero-order chi connectivity index (χ0) is 19.0. The van der Waals surface area contributed by atoms with Crippen LogP contribution in [0.5, 0.6) is 0 Å². The molecule has 0 saturated carbocycles. The smallest absolute Gasteiger partial charge is 0.343 e. The van der Waals surface area contributed by atoms with E-state index in [0.717, 1.165) is 6.21 Å². The largest absolute Gasteiger partial charge is 0.506 e. The zero-order valence-electron chi connectivity index (χ0n) is 13.4. The molecule has 0 aliphatic heterocycles. The second-order valence-electron chi connectivity index (χ2n) is 4.80. The van der Waals surface area contributed by atoms with Crippen molar-refractivity contribution < 1.29 is 37.3 Å². The van der Waals surface area contributed by atoms with Crippen molar-refractivity contribution in [1.82, 2.24) is 0 Å². The number of unbranched alkanes of at least 4 members (excludes halogenated alkanes) is 1.